The van der Waals surface area contributed by atoms with Gasteiger partial charge in [0.15, 0.2) is 0 Å². The van der Waals surface area contributed by atoms with Crippen molar-refractivity contribution in [2.24, 2.45) is 0 Å². The Morgan fingerprint density at radius 1 is 0.714 bits per heavy atom. The second kappa shape index (κ2) is 36.0. The number of rotatable bonds is 0. The van der Waals surface area contributed by atoms with Gasteiger partial charge in [-0.15, -0.1) is 0 Å². The van der Waals surface area contributed by atoms with E-state index < -0.39 is 0 Å². The predicted octanol–water partition coefficient (Wildman–Crippen LogP) is 1.35. The fourth-order valence-electron chi connectivity index (χ4n) is 0. The summed E-state index contributed by atoms with van der Waals surface area (Å²) in [6.07, 6.45) is 0. The second-order valence-corrected chi connectivity index (χ2v) is 0.179. The molecule has 0 aromatic carbocycles. The van der Waals surface area contributed by atoms with Gasteiger partial charge in [0, 0.05) is 0 Å². The molecule has 0 aromatic heterocycles. The third kappa shape index (κ3) is 10200. The van der Waals surface area contributed by atoms with E-state index >= 15 is 0 Å². The molecule has 7 heteroatoms. The number of nitrogens with zero attached hydrogens (tertiary/aromatic N) is 6. The van der Waals surface area contributed by atoms with Crippen molar-refractivity contribution in [3.63, 3.8) is 0 Å². The molecule has 0 aliphatic rings. The average Bonchev–Trinajstić information content (AvgIpc) is 1.39. The SMILES string of the molecule is [N-]=[N+]=[N-].[N-]=[N+]=[N-].[Sr+2]. The van der Waals surface area contributed by atoms with Crippen LogP contribution in [0.3, 0.4) is 0 Å². The molecule has 0 radical (unpaired) electrons. The maximum absolute atomic E-state index is 6.75. The molecule has 0 rings (SSSR count). The first kappa shape index (κ1) is 15.7. The summed E-state index contributed by atoms with van der Waals surface area (Å²) in [6, 6.07) is 0. The standard InChI is InChI=1S/2N3.Sr/c2*1-3-2;/q2*-1;+2. The monoisotopic (exact) mass is 172 g/mol. The van der Waals surface area contributed by atoms with E-state index in [1.807, 2.05) is 0 Å². The van der Waals surface area contributed by atoms with Crippen LogP contribution in [-0.2, 0) is 0 Å². The van der Waals surface area contributed by atoms with Crippen LogP contribution in [-0.4, -0.2) is 45.5 Å². The fourth-order valence-corrected chi connectivity index (χ4v) is 0. The van der Waals surface area contributed by atoms with Crippen LogP contribution in [0.2, 0.25) is 0 Å². The molecule has 0 aromatic rings. The van der Waals surface area contributed by atoms with Gasteiger partial charge in [-0.1, -0.05) is 0 Å². The zero-order chi connectivity index (χ0) is 5.41. The third-order valence-electron chi connectivity index (χ3n) is 0. The van der Waals surface area contributed by atoms with Gasteiger partial charge < -0.3 is 22.1 Å². The molecule has 6 nitrogen and oxygen atoms in total. The summed E-state index contributed by atoms with van der Waals surface area (Å²) in [5.41, 5.74) is 27.0. The van der Waals surface area contributed by atoms with Gasteiger partial charge in [0.05, 0.1) is 0 Å². The number of hydrogen-bond acceptors (Lipinski definition) is 0. The summed E-state index contributed by atoms with van der Waals surface area (Å²) in [7, 11) is 0. The molecule has 0 spiro atoms. The Bertz CT molecular complexity index is 58.2. The molecule has 0 aliphatic carbocycles. The molecular weight excluding hydrogens is 172 g/mol. The van der Waals surface area contributed by atoms with Crippen molar-refractivity contribution >= 4 is 45.5 Å². The molecule has 0 aliphatic heterocycles. The van der Waals surface area contributed by atoms with E-state index in [2.05, 4.69) is 0 Å². The Morgan fingerprint density at radius 2 is 0.714 bits per heavy atom. The summed E-state index contributed by atoms with van der Waals surface area (Å²) < 4.78 is 0. The van der Waals surface area contributed by atoms with Gasteiger partial charge in [0.2, 0.25) is 0 Å². The minimum absolute atomic E-state index is 0. The van der Waals surface area contributed by atoms with Crippen LogP contribution in [0.1, 0.15) is 0 Å². The summed E-state index contributed by atoms with van der Waals surface area (Å²) in [5.74, 6) is 0. The van der Waals surface area contributed by atoms with E-state index in [4.69, 9.17) is 22.1 Å². The fraction of sp³-hybridized carbons (Fsp3) is 0. The Kier molecular flexibility index (Phi) is 80.8. The van der Waals surface area contributed by atoms with Gasteiger partial charge in [0.1, 0.15) is 0 Å². The Hall–Kier alpha value is 0.101. The van der Waals surface area contributed by atoms with E-state index in [9.17, 15) is 0 Å². The molecule has 0 N–H and O–H groups in total. The van der Waals surface area contributed by atoms with E-state index in [0.717, 1.165) is 0 Å². The van der Waals surface area contributed by atoms with Crippen molar-refractivity contribution in [1.82, 2.24) is 0 Å². The first-order valence-corrected chi connectivity index (χ1v) is 0.800. The number of hydrogen-bond donors (Lipinski definition) is 0. The van der Waals surface area contributed by atoms with E-state index in [-0.39, 0.29) is 45.5 Å². The van der Waals surface area contributed by atoms with Crippen molar-refractivity contribution in [1.29, 1.82) is 0 Å². The summed E-state index contributed by atoms with van der Waals surface area (Å²) in [4.78, 5) is 3.00. The molecule has 0 saturated heterocycles. The maximum Gasteiger partial charge on any atom is 2.00 e. The van der Waals surface area contributed by atoms with Gasteiger partial charge >= 0.3 is 45.5 Å². The van der Waals surface area contributed by atoms with Gasteiger partial charge in [-0.05, 0) is 0 Å². The molecular formula is N6Sr. The molecule has 0 saturated carbocycles. The second-order valence-electron chi connectivity index (χ2n) is 0.179. The van der Waals surface area contributed by atoms with Gasteiger partial charge in [-0.2, -0.15) is 0 Å². The molecule has 0 amide bonds. The summed E-state index contributed by atoms with van der Waals surface area (Å²) in [6.45, 7) is 0. The van der Waals surface area contributed by atoms with E-state index in [1.165, 1.54) is 9.82 Å². The first-order chi connectivity index (χ1) is 2.83. The minimum atomic E-state index is 0. The average molecular weight is 172 g/mol. The molecule has 0 unspecified atom stereocenters. The van der Waals surface area contributed by atoms with Crippen molar-refractivity contribution < 1.29 is 0 Å². The molecule has 0 fully saturated rings. The van der Waals surface area contributed by atoms with Crippen LogP contribution in [0.4, 0.5) is 0 Å². The molecule has 0 bridgehead atoms. The smallest absolute Gasteiger partial charge is 0.373 e. The third-order valence-corrected chi connectivity index (χ3v) is 0. The van der Waals surface area contributed by atoms with E-state index in [1.54, 1.807) is 0 Å². The molecule has 0 heterocycles. The largest absolute Gasteiger partial charge is 2.00 e. The van der Waals surface area contributed by atoms with Crippen LogP contribution in [0.25, 0.3) is 31.9 Å². The normalized spacial score (nSPS) is 2.29. The van der Waals surface area contributed by atoms with Crippen molar-refractivity contribution in [3.05, 3.63) is 31.9 Å². The molecule has 32 valence electrons. The summed E-state index contributed by atoms with van der Waals surface area (Å²) >= 11 is 0. The van der Waals surface area contributed by atoms with Crippen LogP contribution in [0.15, 0.2) is 0 Å². The quantitative estimate of drug-likeness (QED) is 0.226. The first-order valence-electron chi connectivity index (χ1n) is 0.800. The van der Waals surface area contributed by atoms with Gasteiger partial charge in [-0.25, -0.2) is 0 Å². The van der Waals surface area contributed by atoms with Crippen molar-refractivity contribution in [2.75, 3.05) is 0 Å². The van der Waals surface area contributed by atoms with E-state index in [0.29, 0.717) is 0 Å². The zero-order valence-corrected chi connectivity index (χ0v) is 6.87. The Balaban J connectivity index is -0.0000000400. The molecule has 7 heavy (non-hydrogen) atoms. The topological polar surface area (TPSA) is 117 Å². The van der Waals surface area contributed by atoms with Crippen molar-refractivity contribution in [2.45, 2.75) is 0 Å². The Labute approximate surface area is 76.6 Å². The van der Waals surface area contributed by atoms with Gasteiger partial charge in [0.25, 0.3) is 0 Å². The minimum Gasteiger partial charge on any atom is -0.373 e. The summed E-state index contributed by atoms with van der Waals surface area (Å²) in [5, 5.41) is 0. The zero-order valence-electron chi connectivity index (χ0n) is 3.39. The predicted molar refractivity (Wildman–Crippen MR) is 25.9 cm³/mol. The van der Waals surface area contributed by atoms with Gasteiger partial charge in [-0.3, -0.25) is 9.82 Å². The van der Waals surface area contributed by atoms with Crippen LogP contribution in [0, 0.1) is 0 Å². The van der Waals surface area contributed by atoms with Crippen LogP contribution in [0.5, 0.6) is 0 Å². The maximum atomic E-state index is 6.75. The van der Waals surface area contributed by atoms with Crippen molar-refractivity contribution in [3.8, 4) is 0 Å². The molecule has 0 atom stereocenters. The van der Waals surface area contributed by atoms with Crippen LogP contribution >= 0.6 is 0 Å². The van der Waals surface area contributed by atoms with Crippen LogP contribution < -0.4 is 0 Å². The Morgan fingerprint density at radius 3 is 0.714 bits per heavy atom.